The van der Waals surface area contributed by atoms with Gasteiger partial charge in [0.15, 0.2) is 6.61 Å². The third-order valence-corrected chi connectivity index (χ3v) is 3.91. The summed E-state index contributed by atoms with van der Waals surface area (Å²) in [5.74, 6) is -1.26. The van der Waals surface area contributed by atoms with E-state index in [1.807, 2.05) is 24.3 Å². The van der Waals surface area contributed by atoms with Gasteiger partial charge in [-0.05, 0) is 41.5 Å². The van der Waals surface area contributed by atoms with E-state index in [1.165, 1.54) is 23.1 Å². The molecule has 0 heterocycles. The van der Waals surface area contributed by atoms with Gasteiger partial charge in [0, 0.05) is 24.1 Å². The first-order valence-electron chi connectivity index (χ1n) is 7.53. The number of hydrogen-bond acceptors (Lipinski definition) is 3. The number of esters is 1. The van der Waals surface area contributed by atoms with Gasteiger partial charge in [0.2, 0.25) is 0 Å². The van der Waals surface area contributed by atoms with Gasteiger partial charge in [0.25, 0.3) is 5.91 Å². The van der Waals surface area contributed by atoms with E-state index in [1.54, 1.807) is 25.3 Å². The molecule has 0 bridgehead atoms. The van der Waals surface area contributed by atoms with E-state index in [9.17, 15) is 14.0 Å². The van der Waals surface area contributed by atoms with Crippen molar-refractivity contribution in [1.29, 1.82) is 0 Å². The van der Waals surface area contributed by atoms with E-state index in [0.717, 1.165) is 15.6 Å². The van der Waals surface area contributed by atoms with Crippen molar-refractivity contribution in [3.63, 3.8) is 0 Å². The first-order chi connectivity index (χ1) is 11.9. The maximum atomic E-state index is 12.9. The molecule has 4 nitrogen and oxygen atoms in total. The number of ether oxygens (including phenoxy) is 1. The van der Waals surface area contributed by atoms with Crippen LogP contribution < -0.4 is 0 Å². The molecule has 0 aliphatic carbocycles. The van der Waals surface area contributed by atoms with Gasteiger partial charge in [0.05, 0.1) is 0 Å². The highest BCUT2D eigenvalue weighted by Crippen LogP contribution is 2.11. The Morgan fingerprint density at radius 3 is 2.40 bits per heavy atom. The van der Waals surface area contributed by atoms with Crippen molar-refractivity contribution in [3.05, 3.63) is 76.0 Å². The molecule has 0 saturated heterocycles. The first kappa shape index (κ1) is 18.9. The molecule has 2 aromatic rings. The highest BCUT2D eigenvalue weighted by atomic mass is 79.9. The Labute approximate surface area is 154 Å². The van der Waals surface area contributed by atoms with Crippen molar-refractivity contribution in [2.24, 2.45) is 0 Å². The number of carbonyl (C=O) groups is 2. The summed E-state index contributed by atoms with van der Waals surface area (Å²) in [7, 11) is 1.59. The third-order valence-electron chi connectivity index (χ3n) is 3.38. The van der Waals surface area contributed by atoms with E-state index in [4.69, 9.17) is 4.74 Å². The average molecular weight is 406 g/mol. The number of likely N-dealkylation sites (N-methyl/N-ethyl adjacent to an activating group) is 1. The van der Waals surface area contributed by atoms with Crippen molar-refractivity contribution >= 4 is 33.9 Å². The summed E-state index contributed by atoms with van der Waals surface area (Å²) in [6, 6.07) is 13.3. The average Bonchev–Trinajstić information content (AvgIpc) is 2.61. The standard InChI is InChI=1S/C19H17BrFNO3/c1-22(12-15-4-9-17(21)10-5-15)18(23)13-25-19(24)11-6-14-2-7-16(20)8-3-14/h2-11H,12-13H2,1H3/b11-6+. The molecule has 130 valence electrons. The Bertz CT molecular complexity index is 757. The van der Waals surface area contributed by atoms with E-state index in [2.05, 4.69) is 15.9 Å². The minimum atomic E-state index is -0.591. The second-order valence-electron chi connectivity index (χ2n) is 5.37. The molecule has 0 saturated carbocycles. The molecule has 0 radical (unpaired) electrons. The van der Waals surface area contributed by atoms with Crippen LogP contribution in [0.2, 0.25) is 0 Å². The quantitative estimate of drug-likeness (QED) is 0.542. The minimum Gasteiger partial charge on any atom is -0.452 e. The fraction of sp³-hybridized carbons (Fsp3) is 0.158. The van der Waals surface area contributed by atoms with Crippen LogP contribution in [0.15, 0.2) is 59.1 Å². The summed E-state index contributed by atoms with van der Waals surface area (Å²) in [6.45, 7) is -0.0351. The minimum absolute atomic E-state index is 0.311. The number of carbonyl (C=O) groups excluding carboxylic acids is 2. The van der Waals surface area contributed by atoms with Gasteiger partial charge in [0.1, 0.15) is 5.82 Å². The summed E-state index contributed by atoms with van der Waals surface area (Å²) in [4.78, 5) is 25.1. The highest BCUT2D eigenvalue weighted by molar-refractivity contribution is 9.10. The second kappa shape index (κ2) is 9.13. The monoisotopic (exact) mass is 405 g/mol. The largest absolute Gasteiger partial charge is 0.452 e. The molecule has 2 aromatic carbocycles. The van der Waals surface area contributed by atoms with Crippen LogP contribution in [0.3, 0.4) is 0 Å². The van der Waals surface area contributed by atoms with E-state index in [-0.39, 0.29) is 18.3 Å². The molecule has 0 unspecified atom stereocenters. The number of rotatable bonds is 6. The predicted molar refractivity (Wildman–Crippen MR) is 97.0 cm³/mol. The summed E-state index contributed by atoms with van der Waals surface area (Å²) in [5.41, 5.74) is 1.64. The number of amides is 1. The molecule has 0 aromatic heterocycles. The Hall–Kier alpha value is -2.47. The van der Waals surface area contributed by atoms with Gasteiger partial charge in [-0.2, -0.15) is 0 Å². The van der Waals surface area contributed by atoms with E-state index >= 15 is 0 Å². The van der Waals surface area contributed by atoms with Gasteiger partial charge in [-0.25, -0.2) is 9.18 Å². The van der Waals surface area contributed by atoms with Crippen LogP contribution in [0.1, 0.15) is 11.1 Å². The Balaban J connectivity index is 1.79. The SMILES string of the molecule is CN(Cc1ccc(F)cc1)C(=O)COC(=O)/C=C/c1ccc(Br)cc1. The van der Waals surface area contributed by atoms with Gasteiger partial charge < -0.3 is 9.64 Å². The van der Waals surface area contributed by atoms with Crippen LogP contribution in [-0.2, 0) is 20.9 Å². The van der Waals surface area contributed by atoms with Gasteiger partial charge in [-0.15, -0.1) is 0 Å². The molecular weight excluding hydrogens is 389 g/mol. The molecule has 0 N–H and O–H groups in total. The molecule has 0 aliphatic rings. The van der Waals surface area contributed by atoms with E-state index < -0.39 is 5.97 Å². The fourth-order valence-corrected chi connectivity index (χ4v) is 2.25. The van der Waals surface area contributed by atoms with Crippen molar-refractivity contribution < 1.29 is 18.7 Å². The Morgan fingerprint density at radius 1 is 1.12 bits per heavy atom. The number of nitrogens with zero attached hydrogens (tertiary/aromatic N) is 1. The smallest absolute Gasteiger partial charge is 0.331 e. The van der Waals surface area contributed by atoms with Crippen LogP contribution >= 0.6 is 15.9 Å². The van der Waals surface area contributed by atoms with Gasteiger partial charge in [-0.1, -0.05) is 40.2 Å². The zero-order valence-electron chi connectivity index (χ0n) is 13.6. The lowest BCUT2D eigenvalue weighted by molar-refractivity contribution is -0.147. The molecule has 0 atom stereocenters. The van der Waals surface area contributed by atoms with Crippen LogP contribution in [0.4, 0.5) is 4.39 Å². The van der Waals surface area contributed by atoms with E-state index in [0.29, 0.717) is 6.54 Å². The first-order valence-corrected chi connectivity index (χ1v) is 8.32. The lowest BCUT2D eigenvalue weighted by atomic mass is 10.2. The molecule has 1 amide bonds. The van der Waals surface area contributed by atoms with Crippen molar-refractivity contribution in [2.45, 2.75) is 6.54 Å². The molecule has 0 spiro atoms. The number of halogens is 2. The number of benzene rings is 2. The number of hydrogen-bond donors (Lipinski definition) is 0. The topological polar surface area (TPSA) is 46.6 Å². The third kappa shape index (κ3) is 6.51. The Kier molecular flexibility index (Phi) is 6.89. The molecule has 6 heteroatoms. The summed E-state index contributed by atoms with van der Waals surface area (Å²) < 4.78 is 18.7. The normalized spacial score (nSPS) is 10.7. The van der Waals surface area contributed by atoms with Crippen LogP contribution in [0.25, 0.3) is 6.08 Å². The highest BCUT2D eigenvalue weighted by Gasteiger charge is 2.11. The maximum absolute atomic E-state index is 12.9. The zero-order valence-corrected chi connectivity index (χ0v) is 15.2. The zero-order chi connectivity index (χ0) is 18.2. The summed E-state index contributed by atoms with van der Waals surface area (Å²) in [5, 5.41) is 0. The van der Waals surface area contributed by atoms with Crippen LogP contribution in [-0.4, -0.2) is 30.4 Å². The Morgan fingerprint density at radius 2 is 1.76 bits per heavy atom. The summed E-state index contributed by atoms with van der Waals surface area (Å²) >= 11 is 3.33. The molecule has 0 aliphatic heterocycles. The lowest BCUT2D eigenvalue weighted by Gasteiger charge is -2.16. The molecule has 0 fully saturated rings. The molecule has 25 heavy (non-hydrogen) atoms. The van der Waals surface area contributed by atoms with Gasteiger partial charge >= 0.3 is 5.97 Å². The second-order valence-corrected chi connectivity index (χ2v) is 6.28. The molecule has 2 rings (SSSR count). The maximum Gasteiger partial charge on any atom is 0.331 e. The van der Waals surface area contributed by atoms with Crippen molar-refractivity contribution in [2.75, 3.05) is 13.7 Å². The lowest BCUT2D eigenvalue weighted by Crippen LogP contribution is -2.30. The van der Waals surface area contributed by atoms with Crippen LogP contribution in [0.5, 0.6) is 0 Å². The molecular formula is C19H17BrFNO3. The van der Waals surface area contributed by atoms with Crippen molar-refractivity contribution in [3.8, 4) is 0 Å². The van der Waals surface area contributed by atoms with Crippen molar-refractivity contribution in [1.82, 2.24) is 4.90 Å². The predicted octanol–water partition coefficient (Wildman–Crippen LogP) is 3.80. The fourth-order valence-electron chi connectivity index (χ4n) is 1.98. The van der Waals surface area contributed by atoms with Crippen LogP contribution in [0, 0.1) is 5.82 Å². The summed E-state index contributed by atoms with van der Waals surface area (Å²) in [6.07, 6.45) is 2.89. The van der Waals surface area contributed by atoms with Gasteiger partial charge in [-0.3, -0.25) is 4.79 Å².